The van der Waals surface area contributed by atoms with E-state index in [1.54, 1.807) is 11.9 Å². The number of likely N-dealkylation sites (N-methyl/N-ethyl adjacent to an activating group) is 1. The van der Waals surface area contributed by atoms with Gasteiger partial charge in [0, 0.05) is 52.4 Å². The summed E-state index contributed by atoms with van der Waals surface area (Å²) in [4.78, 5) is 84.1. The number of rotatable bonds is 23. The molecule has 16 heteroatoms. The van der Waals surface area contributed by atoms with Gasteiger partial charge in [-0.1, -0.05) is 0 Å². The second kappa shape index (κ2) is 20.1. The van der Waals surface area contributed by atoms with Crippen molar-refractivity contribution in [2.75, 3.05) is 79.0 Å². The predicted octanol–water partition coefficient (Wildman–Crippen LogP) is -2.66. The van der Waals surface area contributed by atoms with E-state index in [-0.39, 0.29) is 45.2 Å². The molecule has 0 unspecified atom stereocenters. The summed E-state index contributed by atoms with van der Waals surface area (Å²) in [6.07, 6.45) is 3.84. The molecule has 39 heavy (non-hydrogen) atoms. The van der Waals surface area contributed by atoms with Crippen LogP contribution >= 0.6 is 0 Å². The van der Waals surface area contributed by atoms with Crippen LogP contribution in [0.15, 0.2) is 12.2 Å². The number of hydrogen-bond donors (Lipinski definition) is 5. The highest BCUT2D eigenvalue weighted by atomic mass is 16.4. The van der Waals surface area contributed by atoms with Crippen molar-refractivity contribution in [3.8, 4) is 0 Å². The Balaban J connectivity index is 5.02. The number of aldehydes is 1. The lowest BCUT2D eigenvalue weighted by molar-refractivity contribution is -0.143. The van der Waals surface area contributed by atoms with E-state index in [4.69, 9.17) is 20.4 Å². The largest absolute Gasteiger partial charge is 0.480 e. The number of allylic oxidation sites excluding steroid dienone is 1. The molecule has 0 atom stereocenters. The Morgan fingerprint density at radius 2 is 1.08 bits per heavy atom. The Morgan fingerprint density at radius 3 is 1.49 bits per heavy atom. The highest BCUT2D eigenvalue weighted by Gasteiger charge is 2.19. The lowest BCUT2D eigenvalue weighted by Gasteiger charge is -2.28. The second-order valence-corrected chi connectivity index (χ2v) is 8.58. The van der Waals surface area contributed by atoms with E-state index < -0.39 is 56.0 Å². The molecule has 0 aromatic carbocycles. The SMILES string of the molecule is CN(CCCCNC(=O)CN(CCN(CC(=O)O)CC(=O)O)CCN(CC(=O)O)CC(=O)O)C(=O)/C=C\C=O. The van der Waals surface area contributed by atoms with E-state index in [0.717, 1.165) is 22.0 Å². The highest BCUT2D eigenvalue weighted by molar-refractivity contribution is 5.90. The van der Waals surface area contributed by atoms with Crippen LogP contribution in [-0.2, 0) is 33.6 Å². The topological polar surface area (TPSA) is 225 Å². The van der Waals surface area contributed by atoms with Crippen LogP contribution < -0.4 is 5.32 Å². The van der Waals surface area contributed by atoms with Gasteiger partial charge in [0.2, 0.25) is 11.8 Å². The van der Waals surface area contributed by atoms with Crippen LogP contribution in [0.2, 0.25) is 0 Å². The quantitative estimate of drug-likeness (QED) is 0.0489. The van der Waals surface area contributed by atoms with Crippen molar-refractivity contribution in [1.29, 1.82) is 0 Å². The Morgan fingerprint density at radius 1 is 0.641 bits per heavy atom. The molecule has 0 aromatic rings. The van der Waals surface area contributed by atoms with E-state index in [2.05, 4.69) is 5.32 Å². The molecule has 0 heterocycles. The first-order chi connectivity index (χ1) is 18.3. The fourth-order valence-corrected chi connectivity index (χ4v) is 3.35. The van der Waals surface area contributed by atoms with E-state index in [0.29, 0.717) is 25.7 Å². The van der Waals surface area contributed by atoms with Crippen molar-refractivity contribution in [3.05, 3.63) is 12.2 Å². The molecule has 0 saturated carbocycles. The first kappa shape index (κ1) is 35.1. The number of nitrogens with zero attached hydrogens (tertiary/aromatic N) is 4. The fourth-order valence-electron chi connectivity index (χ4n) is 3.35. The molecule has 0 aliphatic carbocycles. The summed E-state index contributed by atoms with van der Waals surface area (Å²) in [6, 6.07) is 0. The van der Waals surface area contributed by atoms with Crippen molar-refractivity contribution in [3.63, 3.8) is 0 Å². The minimum absolute atomic E-state index is 0.0251. The zero-order chi connectivity index (χ0) is 29.8. The normalized spacial score (nSPS) is 11.2. The summed E-state index contributed by atoms with van der Waals surface area (Å²) in [5.74, 6) is -5.67. The molecule has 0 bridgehead atoms. The number of unbranched alkanes of at least 4 members (excludes halogenated alkanes) is 1. The van der Waals surface area contributed by atoms with Crippen LogP contribution in [0.25, 0.3) is 0 Å². The molecule has 0 saturated heterocycles. The lowest BCUT2D eigenvalue weighted by atomic mass is 10.3. The van der Waals surface area contributed by atoms with E-state index in [9.17, 15) is 33.6 Å². The van der Waals surface area contributed by atoms with Gasteiger partial charge >= 0.3 is 23.9 Å². The van der Waals surface area contributed by atoms with E-state index >= 15 is 0 Å². The minimum Gasteiger partial charge on any atom is -0.480 e. The van der Waals surface area contributed by atoms with Crippen molar-refractivity contribution < 1.29 is 54.0 Å². The average molecular weight is 560 g/mol. The summed E-state index contributed by atoms with van der Waals surface area (Å²) >= 11 is 0. The monoisotopic (exact) mass is 559 g/mol. The first-order valence-corrected chi connectivity index (χ1v) is 12.0. The third-order valence-corrected chi connectivity index (χ3v) is 5.20. The molecule has 0 aliphatic rings. The number of aliphatic carboxylic acids is 4. The number of carbonyl (C=O) groups is 7. The number of carboxylic acid groups (broad SMARTS) is 4. The number of nitrogens with one attached hydrogen (secondary N) is 1. The molecule has 0 spiro atoms. The van der Waals surface area contributed by atoms with Gasteiger partial charge in [0.05, 0.1) is 32.7 Å². The first-order valence-electron chi connectivity index (χ1n) is 12.0. The van der Waals surface area contributed by atoms with Crippen molar-refractivity contribution in [2.45, 2.75) is 12.8 Å². The molecular weight excluding hydrogens is 522 g/mol. The van der Waals surface area contributed by atoms with Crippen molar-refractivity contribution in [2.24, 2.45) is 0 Å². The molecule has 0 radical (unpaired) electrons. The van der Waals surface area contributed by atoms with Crippen LogP contribution in [0, 0.1) is 0 Å². The molecule has 0 rings (SSSR count). The summed E-state index contributed by atoms with van der Waals surface area (Å²) in [5.41, 5.74) is 0. The fraction of sp³-hybridized carbons (Fsp3) is 0.609. The van der Waals surface area contributed by atoms with Gasteiger partial charge in [-0.15, -0.1) is 0 Å². The maximum Gasteiger partial charge on any atom is 0.317 e. The van der Waals surface area contributed by atoms with Crippen LogP contribution in [-0.4, -0.2) is 161 Å². The Kier molecular flexibility index (Phi) is 18.1. The Hall–Kier alpha value is -3.89. The minimum atomic E-state index is -1.23. The third-order valence-electron chi connectivity index (χ3n) is 5.20. The van der Waals surface area contributed by atoms with Gasteiger partial charge in [0.15, 0.2) is 0 Å². The number of carbonyl (C=O) groups excluding carboxylic acids is 3. The van der Waals surface area contributed by atoms with Gasteiger partial charge in [-0.3, -0.25) is 48.3 Å². The zero-order valence-electron chi connectivity index (χ0n) is 21.9. The van der Waals surface area contributed by atoms with Crippen LogP contribution in [0.5, 0.6) is 0 Å². The summed E-state index contributed by atoms with van der Waals surface area (Å²) < 4.78 is 0. The lowest BCUT2D eigenvalue weighted by Crippen LogP contribution is -2.47. The average Bonchev–Trinajstić information content (AvgIpc) is 2.81. The molecule has 2 amide bonds. The molecule has 0 aromatic heterocycles. The summed E-state index contributed by atoms with van der Waals surface area (Å²) in [5, 5.41) is 38.8. The third kappa shape index (κ3) is 19.8. The number of hydrogen-bond acceptors (Lipinski definition) is 10. The molecule has 16 nitrogen and oxygen atoms in total. The summed E-state index contributed by atoms with van der Waals surface area (Å²) in [6.45, 7) is -1.61. The van der Waals surface area contributed by atoms with Crippen LogP contribution in [0.4, 0.5) is 0 Å². The molecule has 220 valence electrons. The van der Waals surface area contributed by atoms with Gasteiger partial charge in [0.1, 0.15) is 6.29 Å². The van der Waals surface area contributed by atoms with E-state index in [1.807, 2.05) is 0 Å². The van der Waals surface area contributed by atoms with Gasteiger partial charge in [-0.05, 0) is 18.9 Å². The number of amides is 2. The highest BCUT2D eigenvalue weighted by Crippen LogP contribution is 1.98. The predicted molar refractivity (Wildman–Crippen MR) is 135 cm³/mol. The van der Waals surface area contributed by atoms with Crippen LogP contribution in [0.3, 0.4) is 0 Å². The number of carboxylic acids is 4. The van der Waals surface area contributed by atoms with Gasteiger partial charge in [-0.25, -0.2) is 0 Å². The second-order valence-electron chi connectivity index (χ2n) is 8.58. The molecule has 0 aliphatic heterocycles. The smallest absolute Gasteiger partial charge is 0.317 e. The van der Waals surface area contributed by atoms with Crippen molar-refractivity contribution >= 4 is 42.0 Å². The molecule has 5 N–H and O–H groups in total. The standard InChI is InChI=1S/C23H37N5O11/c1-25(19(31)5-4-12-29)7-3-2-6-24-18(30)13-26(8-10-27(14-20(32)33)15-21(34)35)9-11-28(16-22(36)37)17-23(38)39/h4-5,12H,2-3,6-11,13-17H2,1H3,(H,24,30)(H,32,33)(H,34,35)(H,36,37)(H,38,39)/b5-4-. The zero-order valence-corrected chi connectivity index (χ0v) is 21.9. The van der Waals surface area contributed by atoms with E-state index in [1.165, 1.54) is 4.90 Å². The Labute approximate surface area is 225 Å². The van der Waals surface area contributed by atoms with Crippen LogP contribution in [0.1, 0.15) is 12.8 Å². The maximum absolute atomic E-state index is 12.5. The van der Waals surface area contributed by atoms with Gasteiger partial charge in [-0.2, -0.15) is 0 Å². The Bertz CT molecular complexity index is 809. The van der Waals surface area contributed by atoms with Gasteiger partial charge < -0.3 is 30.6 Å². The maximum atomic E-state index is 12.5. The molecular formula is C23H37N5O11. The molecule has 0 fully saturated rings. The van der Waals surface area contributed by atoms with Gasteiger partial charge in [0.25, 0.3) is 0 Å². The van der Waals surface area contributed by atoms with Crippen molar-refractivity contribution in [1.82, 2.24) is 24.9 Å². The summed E-state index contributed by atoms with van der Waals surface area (Å²) in [7, 11) is 1.57.